The average molecular weight is 453 g/mol. The third kappa shape index (κ3) is 10.7. The van der Waals surface area contributed by atoms with Gasteiger partial charge in [-0.05, 0) is 43.2 Å². The molecule has 1 saturated carbocycles. The number of carbonyl (C=O) groups excluding carboxylic acids is 3. The summed E-state index contributed by atoms with van der Waals surface area (Å²) < 4.78 is 0. The molecule has 5 rings (SSSR count). The van der Waals surface area contributed by atoms with Crippen LogP contribution in [0.15, 0.2) is 48.5 Å². The highest BCUT2D eigenvalue weighted by molar-refractivity contribution is 6.13. The van der Waals surface area contributed by atoms with Crippen molar-refractivity contribution in [2.24, 2.45) is 0 Å². The molecule has 2 aromatic carbocycles. The van der Waals surface area contributed by atoms with Gasteiger partial charge in [-0.2, -0.15) is 0 Å². The van der Waals surface area contributed by atoms with Gasteiger partial charge in [0.15, 0.2) is 11.6 Å². The van der Waals surface area contributed by atoms with Crippen LogP contribution in [0.5, 0.6) is 0 Å². The number of hydrogen-bond acceptors (Lipinski definition) is 3. The van der Waals surface area contributed by atoms with Crippen LogP contribution < -0.4 is 0 Å². The number of fused-ring (bicyclic) bond motifs is 2. The van der Waals surface area contributed by atoms with Crippen LogP contribution in [0.2, 0.25) is 0 Å². The van der Waals surface area contributed by atoms with Gasteiger partial charge in [-0.25, -0.2) is 0 Å². The van der Waals surface area contributed by atoms with E-state index >= 15 is 0 Å². The molecule has 0 unspecified atom stereocenters. The predicted octanol–water partition coefficient (Wildman–Crippen LogP) is 8.23. The zero-order chi connectivity index (χ0) is 25.1. The van der Waals surface area contributed by atoms with E-state index in [0.717, 1.165) is 25.7 Å². The Labute approximate surface area is 202 Å². The van der Waals surface area contributed by atoms with Gasteiger partial charge < -0.3 is 0 Å². The minimum absolute atomic E-state index is 0.0881. The van der Waals surface area contributed by atoms with E-state index in [1.54, 1.807) is 35.4 Å². The molecule has 0 radical (unpaired) electrons. The molecule has 3 heteroatoms. The normalized spacial score (nSPS) is 14.7. The topological polar surface area (TPSA) is 51.2 Å². The molecule has 0 aliphatic heterocycles. The van der Waals surface area contributed by atoms with E-state index < -0.39 is 0 Å². The Morgan fingerprint density at radius 2 is 0.818 bits per heavy atom. The molecule has 3 aliphatic rings. The Morgan fingerprint density at radius 1 is 0.455 bits per heavy atom. The molecular formula is C30H44O3. The molecule has 0 N–H and O–H groups in total. The first-order valence-electron chi connectivity index (χ1n) is 12.9. The van der Waals surface area contributed by atoms with Gasteiger partial charge in [-0.3, -0.25) is 14.4 Å². The molecule has 182 valence electrons. The summed E-state index contributed by atoms with van der Waals surface area (Å²) in [6, 6.07) is 15.7. The van der Waals surface area contributed by atoms with Crippen LogP contribution in [0.25, 0.3) is 0 Å². The largest absolute Gasteiger partial charge is 0.300 e. The van der Waals surface area contributed by atoms with E-state index in [2.05, 4.69) is 24.3 Å². The number of Topliss-reactive ketones (excluding diaryl/α,β-unsaturated/α-hetero) is 3. The first kappa shape index (κ1) is 30.4. The van der Waals surface area contributed by atoms with Gasteiger partial charge in [0, 0.05) is 36.8 Å². The van der Waals surface area contributed by atoms with Crippen LogP contribution in [0, 0.1) is 0 Å². The Hall–Kier alpha value is -2.55. The predicted molar refractivity (Wildman–Crippen MR) is 140 cm³/mol. The Balaban J connectivity index is 0.000000434. The second-order valence-corrected chi connectivity index (χ2v) is 7.26. The summed E-state index contributed by atoms with van der Waals surface area (Å²) in [5, 5.41) is 0. The summed E-state index contributed by atoms with van der Waals surface area (Å²) in [4.78, 5) is 32.8. The molecule has 0 aromatic heterocycles. The summed E-state index contributed by atoms with van der Waals surface area (Å²) in [5.41, 5.74) is 4.32. The van der Waals surface area contributed by atoms with Crippen molar-refractivity contribution < 1.29 is 14.4 Å². The van der Waals surface area contributed by atoms with Gasteiger partial charge in [-0.1, -0.05) is 90.1 Å². The summed E-state index contributed by atoms with van der Waals surface area (Å²) in [7, 11) is 0. The summed E-state index contributed by atoms with van der Waals surface area (Å²) in [6.07, 6.45) is 8.68. The minimum Gasteiger partial charge on any atom is -0.300 e. The average Bonchev–Trinajstić information content (AvgIpc) is 3.58. The highest BCUT2D eigenvalue weighted by Crippen LogP contribution is 2.21. The summed E-state index contributed by atoms with van der Waals surface area (Å²) in [5.74, 6) is 0.630. The smallest absolute Gasteiger partial charge is 0.164 e. The van der Waals surface area contributed by atoms with E-state index in [1.807, 2.05) is 41.5 Å². The minimum atomic E-state index is 0.0881. The number of hydrogen-bond donors (Lipinski definition) is 0. The van der Waals surface area contributed by atoms with Crippen molar-refractivity contribution >= 4 is 17.3 Å². The third-order valence-corrected chi connectivity index (χ3v) is 5.28. The monoisotopic (exact) mass is 452 g/mol. The number of carbonyl (C=O) groups is 3. The summed E-state index contributed by atoms with van der Waals surface area (Å²) in [6.45, 7) is 12.0. The number of ketones is 3. The maximum Gasteiger partial charge on any atom is 0.164 e. The van der Waals surface area contributed by atoms with Crippen LogP contribution >= 0.6 is 0 Å². The third-order valence-electron chi connectivity index (χ3n) is 5.28. The molecule has 0 heterocycles. The number of rotatable bonds is 0. The molecule has 0 atom stereocenters. The van der Waals surface area contributed by atoms with Crippen LogP contribution in [0.3, 0.4) is 0 Å². The Bertz CT molecular complexity index is 770. The standard InChI is InChI=1S/C10H8O2.C9H10.C5H8O.3C2H6/c11-9-5-6-10(12)8-4-2-1-3-7(8)9;1-2-5-9-7-3-6-8(9)4-1;6-5-3-1-2-4-5;3*1-2/h1-4H,5-6H2;1-2,4-5H,3,6-7H2;1-4H2;3*1-2H3. The van der Waals surface area contributed by atoms with Crippen molar-refractivity contribution in [3.63, 3.8) is 0 Å². The van der Waals surface area contributed by atoms with E-state index in [0.29, 0.717) is 29.8 Å². The second-order valence-electron chi connectivity index (χ2n) is 7.26. The number of benzene rings is 2. The molecule has 1 fully saturated rings. The molecule has 0 spiro atoms. The van der Waals surface area contributed by atoms with E-state index in [-0.39, 0.29) is 11.6 Å². The molecule has 0 bridgehead atoms. The van der Waals surface area contributed by atoms with Gasteiger partial charge in [-0.15, -0.1) is 0 Å². The quantitative estimate of drug-likeness (QED) is 0.404. The van der Waals surface area contributed by atoms with Crippen molar-refractivity contribution in [3.05, 3.63) is 70.8 Å². The zero-order valence-corrected chi connectivity index (χ0v) is 21.7. The fourth-order valence-electron chi connectivity index (χ4n) is 3.75. The van der Waals surface area contributed by atoms with Gasteiger partial charge in [0.2, 0.25) is 0 Å². The van der Waals surface area contributed by atoms with E-state index in [4.69, 9.17) is 0 Å². The highest BCUT2D eigenvalue weighted by Gasteiger charge is 2.22. The van der Waals surface area contributed by atoms with Crippen LogP contribution in [0.1, 0.15) is 118 Å². The van der Waals surface area contributed by atoms with Gasteiger partial charge in [0.1, 0.15) is 5.78 Å². The second kappa shape index (κ2) is 19.0. The van der Waals surface area contributed by atoms with Gasteiger partial charge in [0.25, 0.3) is 0 Å². The molecule has 3 aliphatic carbocycles. The highest BCUT2D eigenvalue weighted by atomic mass is 16.1. The van der Waals surface area contributed by atoms with E-state index in [9.17, 15) is 14.4 Å². The SMILES string of the molecule is CC.CC.CC.O=C1CCC(=O)c2ccccc21.O=C1CCCC1.c1ccc2c(c1)CCC2. The van der Waals surface area contributed by atoms with Gasteiger partial charge in [0.05, 0.1) is 0 Å². The van der Waals surface area contributed by atoms with Crippen molar-refractivity contribution in [1.29, 1.82) is 0 Å². The van der Waals surface area contributed by atoms with E-state index in [1.165, 1.54) is 19.3 Å². The maximum absolute atomic E-state index is 11.3. The molecule has 33 heavy (non-hydrogen) atoms. The lowest BCUT2D eigenvalue weighted by molar-refractivity contribution is -0.117. The number of aryl methyl sites for hydroxylation is 2. The van der Waals surface area contributed by atoms with Crippen molar-refractivity contribution in [2.75, 3.05) is 0 Å². The first-order valence-corrected chi connectivity index (χ1v) is 12.9. The Morgan fingerprint density at radius 3 is 1.15 bits per heavy atom. The van der Waals surface area contributed by atoms with Crippen LogP contribution in [0.4, 0.5) is 0 Å². The van der Waals surface area contributed by atoms with Crippen molar-refractivity contribution in [2.45, 2.75) is 99.3 Å². The lowest BCUT2D eigenvalue weighted by Gasteiger charge is -2.11. The molecule has 0 saturated heterocycles. The van der Waals surface area contributed by atoms with Crippen LogP contribution in [-0.4, -0.2) is 17.3 Å². The fraction of sp³-hybridized carbons (Fsp3) is 0.500. The van der Waals surface area contributed by atoms with Gasteiger partial charge >= 0.3 is 0 Å². The molecular weight excluding hydrogens is 408 g/mol. The fourth-order valence-corrected chi connectivity index (χ4v) is 3.75. The Kier molecular flexibility index (Phi) is 17.5. The zero-order valence-electron chi connectivity index (χ0n) is 21.7. The first-order chi connectivity index (χ1) is 16.1. The summed E-state index contributed by atoms with van der Waals surface area (Å²) >= 11 is 0. The van der Waals surface area contributed by atoms with Crippen molar-refractivity contribution in [3.8, 4) is 0 Å². The molecule has 2 aromatic rings. The van der Waals surface area contributed by atoms with Crippen molar-refractivity contribution in [1.82, 2.24) is 0 Å². The maximum atomic E-state index is 11.3. The molecule has 0 amide bonds. The molecule has 3 nitrogen and oxygen atoms in total. The lowest BCUT2D eigenvalue weighted by Crippen LogP contribution is -2.16. The van der Waals surface area contributed by atoms with Crippen LogP contribution in [-0.2, 0) is 17.6 Å². The lowest BCUT2D eigenvalue weighted by atomic mass is 9.90.